The summed E-state index contributed by atoms with van der Waals surface area (Å²) in [6.07, 6.45) is 7.61. The summed E-state index contributed by atoms with van der Waals surface area (Å²) in [6, 6.07) is 10.2. The number of pyridine rings is 1. The molecule has 20 heavy (non-hydrogen) atoms. The van der Waals surface area contributed by atoms with Crippen LogP contribution in [0.2, 0.25) is 0 Å². The van der Waals surface area contributed by atoms with Gasteiger partial charge < -0.3 is 5.11 Å². The SMILES string of the molecule is CCC1CCCC(C(O)c2cnc3ccccc3c2)C1. The Morgan fingerprint density at radius 3 is 3.00 bits per heavy atom. The summed E-state index contributed by atoms with van der Waals surface area (Å²) in [4.78, 5) is 4.48. The van der Waals surface area contributed by atoms with Crippen LogP contribution in [-0.2, 0) is 0 Å². The van der Waals surface area contributed by atoms with Crippen LogP contribution in [-0.4, -0.2) is 10.1 Å². The van der Waals surface area contributed by atoms with E-state index in [-0.39, 0.29) is 6.10 Å². The van der Waals surface area contributed by atoms with E-state index < -0.39 is 0 Å². The van der Waals surface area contributed by atoms with Gasteiger partial charge in [-0.25, -0.2) is 0 Å². The molecule has 3 atom stereocenters. The fourth-order valence-electron chi connectivity index (χ4n) is 3.51. The van der Waals surface area contributed by atoms with Gasteiger partial charge in [0.1, 0.15) is 0 Å². The molecule has 1 N–H and O–H groups in total. The van der Waals surface area contributed by atoms with Crippen molar-refractivity contribution in [2.45, 2.75) is 45.1 Å². The summed E-state index contributed by atoms with van der Waals surface area (Å²) in [5.41, 5.74) is 1.98. The molecule has 2 aromatic rings. The van der Waals surface area contributed by atoms with Crippen LogP contribution in [0.15, 0.2) is 36.5 Å². The van der Waals surface area contributed by atoms with Gasteiger partial charge in [-0.1, -0.05) is 44.4 Å². The van der Waals surface area contributed by atoms with Gasteiger partial charge in [0.15, 0.2) is 0 Å². The van der Waals surface area contributed by atoms with Gasteiger partial charge in [-0.15, -0.1) is 0 Å². The van der Waals surface area contributed by atoms with E-state index >= 15 is 0 Å². The van der Waals surface area contributed by atoms with Crippen molar-refractivity contribution < 1.29 is 5.11 Å². The number of aliphatic hydroxyl groups is 1. The van der Waals surface area contributed by atoms with Crippen molar-refractivity contribution in [3.63, 3.8) is 0 Å². The van der Waals surface area contributed by atoms with Crippen molar-refractivity contribution in [1.82, 2.24) is 4.98 Å². The molecule has 3 rings (SSSR count). The molecular formula is C18H23NO. The van der Waals surface area contributed by atoms with Crippen LogP contribution in [0.5, 0.6) is 0 Å². The molecule has 1 aliphatic carbocycles. The standard InChI is InChI=1S/C18H23NO/c1-2-13-6-5-8-15(10-13)18(20)16-11-14-7-3-4-9-17(14)19-12-16/h3-4,7,9,11-13,15,18,20H,2,5-6,8,10H2,1H3. The van der Waals surface area contributed by atoms with Crippen LogP contribution in [0.25, 0.3) is 10.9 Å². The van der Waals surface area contributed by atoms with Crippen molar-refractivity contribution in [3.8, 4) is 0 Å². The van der Waals surface area contributed by atoms with Crippen molar-refractivity contribution in [1.29, 1.82) is 0 Å². The highest BCUT2D eigenvalue weighted by atomic mass is 16.3. The largest absolute Gasteiger partial charge is 0.388 e. The van der Waals surface area contributed by atoms with Crippen LogP contribution in [0.1, 0.15) is 50.7 Å². The van der Waals surface area contributed by atoms with Gasteiger partial charge in [-0.3, -0.25) is 4.98 Å². The van der Waals surface area contributed by atoms with Gasteiger partial charge in [0.2, 0.25) is 0 Å². The lowest BCUT2D eigenvalue weighted by Gasteiger charge is -2.31. The Bertz CT molecular complexity index is 580. The minimum atomic E-state index is -0.360. The van der Waals surface area contributed by atoms with Gasteiger partial charge in [0.05, 0.1) is 11.6 Å². The molecule has 1 heterocycles. The van der Waals surface area contributed by atoms with Gasteiger partial charge >= 0.3 is 0 Å². The molecular weight excluding hydrogens is 246 g/mol. The van der Waals surface area contributed by atoms with E-state index in [9.17, 15) is 5.11 Å². The first-order valence-corrected chi connectivity index (χ1v) is 7.80. The van der Waals surface area contributed by atoms with E-state index in [0.29, 0.717) is 5.92 Å². The van der Waals surface area contributed by atoms with Gasteiger partial charge in [0.25, 0.3) is 0 Å². The molecule has 2 heteroatoms. The van der Waals surface area contributed by atoms with E-state index in [1.165, 1.54) is 19.3 Å². The van der Waals surface area contributed by atoms with Gasteiger partial charge in [-0.2, -0.15) is 0 Å². The first kappa shape index (κ1) is 13.6. The Kier molecular flexibility index (Phi) is 4.02. The Morgan fingerprint density at radius 2 is 2.15 bits per heavy atom. The third-order valence-electron chi connectivity index (χ3n) is 4.80. The number of fused-ring (bicyclic) bond motifs is 1. The molecule has 3 unspecified atom stereocenters. The molecule has 0 radical (unpaired) electrons. The van der Waals surface area contributed by atoms with E-state index in [2.05, 4.69) is 24.0 Å². The van der Waals surface area contributed by atoms with Crippen LogP contribution in [0.3, 0.4) is 0 Å². The topological polar surface area (TPSA) is 33.1 Å². The highest BCUT2D eigenvalue weighted by Gasteiger charge is 2.27. The second kappa shape index (κ2) is 5.92. The average Bonchev–Trinajstić information content (AvgIpc) is 2.53. The number of rotatable bonds is 3. The number of hydrogen-bond acceptors (Lipinski definition) is 2. The maximum atomic E-state index is 10.7. The minimum absolute atomic E-state index is 0.360. The summed E-state index contributed by atoms with van der Waals surface area (Å²) in [7, 11) is 0. The van der Waals surface area contributed by atoms with Crippen molar-refractivity contribution in [3.05, 3.63) is 42.1 Å². The van der Waals surface area contributed by atoms with Crippen molar-refractivity contribution >= 4 is 10.9 Å². The maximum Gasteiger partial charge on any atom is 0.0833 e. The van der Waals surface area contributed by atoms with Crippen LogP contribution >= 0.6 is 0 Å². The zero-order chi connectivity index (χ0) is 13.9. The van der Waals surface area contributed by atoms with Gasteiger partial charge in [0, 0.05) is 11.6 Å². The minimum Gasteiger partial charge on any atom is -0.388 e. The molecule has 0 amide bonds. The number of hydrogen-bond donors (Lipinski definition) is 1. The smallest absolute Gasteiger partial charge is 0.0833 e. The van der Waals surface area contributed by atoms with E-state index in [1.54, 1.807) is 0 Å². The molecule has 1 fully saturated rings. The number of aromatic nitrogens is 1. The molecule has 1 aliphatic rings. The molecule has 0 bridgehead atoms. The molecule has 0 spiro atoms. The lowest BCUT2D eigenvalue weighted by Crippen LogP contribution is -2.21. The zero-order valence-corrected chi connectivity index (χ0v) is 12.1. The Morgan fingerprint density at radius 1 is 1.30 bits per heavy atom. The summed E-state index contributed by atoms with van der Waals surface area (Å²) in [5.74, 6) is 1.19. The number of nitrogens with zero attached hydrogens (tertiary/aromatic N) is 1. The van der Waals surface area contributed by atoms with Crippen LogP contribution < -0.4 is 0 Å². The Hall–Kier alpha value is -1.41. The molecule has 0 aliphatic heterocycles. The first-order chi connectivity index (χ1) is 9.78. The average molecular weight is 269 g/mol. The van der Waals surface area contributed by atoms with E-state index in [4.69, 9.17) is 0 Å². The Balaban J connectivity index is 1.82. The lowest BCUT2D eigenvalue weighted by atomic mass is 9.76. The predicted octanol–water partition coefficient (Wildman–Crippen LogP) is 4.48. The number of aliphatic hydroxyl groups excluding tert-OH is 1. The Labute approximate surface area is 120 Å². The predicted molar refractivity (Wildman–Crippen MR) is 82.4 cm³/mol. The molecule has 0 saturated heterocycles. The number of benzene rings is 1. The highest BCUT2D eigenvalue weighted by molar-refractivity contribution is 5.78. The second-order valence-corrected chi connectivity index (χ2v) is 6.11. The zero-order valence-electron chi connectivity index (χ0n) is 12.1. The van der Waals surface area contributed by atoms with E-state index in [0.717, 1.165) is 35.2 Å². The van der Waals surface area contributed by atoms with Crippen molar-refractivity contribution in [2.75, 3.05) is 0 Å². The number of para-hydroxylation sites is 1. The summed E-state index contributed by atoms with van der Waals surface area (Å²) < 4.78 is 0. The molecule has 106 valence electrons. The third-order valence-corrected chi connectivity index (χ3v) is 4.80. The fraction of sp³-hybridized carbons (Fsp3) is 0.500. The fourth-order valence-corrected chi connectivity index (χ4v) is 3.51. The molecule has 1 aromatic heterocycles. The maximum absolute atomic E-state index is 10.7. The monoisotopic (exact) mass is 269 g/mol. The van der Waals surface area contributed by atoms with Crippen LogP contribution in [0, 0.1) is 11.8 Å². The van der Waals surface area contributed by atoms with E-state index in [1.807, 2.05) is 24.4 Å². The molecule has 1 saturated carbocycles. The van der Waals surface area contributed by atoms with Gasteiger partial charge in [-0.05, 0) is 42.4 Å². The first-order valence-electron chi connectivity index (χ1n) is 7.80. The quantitative estimate of drug-likeness (QED) is 0.891. The van der Waals surface area contributed by atoms with Crippen LogP contribution in [0.4, 0.5) is 0 Å². The lowest BCUT2D eigenvalue weighted by molar-refractivity contribution is 0.0677. The molecule has 1 aromatic carbocycles. The second-order valence-electron chi connectivity index (χ2n) is 6.11. The molecule has 2 nitrogen and oxygen atoms in total. The summed E-state index contributed by atoms with van der Waals surface area (Å²) in [5, 5.41) is 11.8. The highest BCUT2D eigenvalue weighted by Crippen LogP contribution is 2.38. The third kappa shape index (κ3) is 2.71. The summed E-state index contributed by atoms with van der Waals surface area (Å²) in [6.45, 7) is 2.26. The summed E-state index contributed by atoms with van der Waals surface area (Å²) >= 11 is 0. The normalized spacial score (nSPS) is 24.7. The van der Waals surface area contributed by atoms with Crippen molar-refractivity contribution in [2.24, 2.45) is 11.8 Å².